The van der Waals surface area contributed by atoms with Crippen molar-refractivity contribution in [3.05, 3.63) is 29.8 Å². The summed E-state index contributed by atoms with van der Waals surface area (Å²) in [5.74, 6) is 2.50. The highest BCUT2D eigenvalue weighted by Crippen LogP contribution is 2.11. The van der Waals surface area contributed by atoms with Gasteiger partial charge in [-0.15, -0.1) is 0 Å². The fourth-order valence-electron chi connectivity index (χ4n) is 1.48. The van der Waals surface area contributed by atoms with E-state index < -0.39 is 0 Å². The molecule has 5 heteroatoms. The van der Waals surface area contributed by atoms with Crippen molar-refractivity contribution < 1.29 is 14.6 Å². The first-order chi connectivity index (χ1) is 9.27. The van der Waals surface area contributed by atoms with Gasteiger partial charge in [-0.3, -0.25) is 4.79 Å². The van der Waals surface area contributed by atoms with E-state index >= 15 is 0 Å². The molecule has 0 unspecified atom stereocenters. The van der Waals surface area contributed by atoms with E-state index in [0.29, 0.717) is 18.7 Å². The molecule has 0 spiro atoms. The second-order valence-electron chi connectivity index (χ2n) is 3.90. The van der Waals surface area contributed by atoms with E-state index in [4.69, 9.17) is 9.84 Å². The van der Waals surface area contributed by atoms with Crippen LogP contribution in [-0.4, -0.2) is 42.3 Å². The van der Waals surface area contributed by atoms with Crippen LogP contribution in [0.25, 0.3) is 0 Å². The van der Waals surface area contributed by atoms with Gasteiger partial charge >= 0.3 is 0 Å². The number of amides is 1. The van der Waals surface area contributed by atoms with Gasteiger partial charge in [-0.2, -0.15) is 11.8 Å². The molecule has 0 saturated heterocycles. The number of ether oxygens (including phenoxy) is 1. The zero-order chi connectivity index (χ0) is 13.9. The number of aliphatic hydroxyl groups excluding tert-OH is 1. The van der Waals surface area contributed by atoms with E-state index in [9.17, 15) is 4.79 Å². The van der Waals surface area contributed by atoms with Crippen LogP contribution in [0.4, 0.5) is 0 Å². The topological polar surface area (TPSA) is 58.6 Å². The summed E-state index contributed by atoms with van der Waals surface area (Å²) in [7, 11) is 0. The Hall–Kier alpha value is -1.20. The molecule has 0 heterocycles. The molecule has 0 aliphatic heterocycles. The van der Waals surface area contributed by atoms with E-state index in [1.807, 2.05) is 6.92 Å². The summed E-state index contributed by atoms with van der Waals surface area (Å²) in [5, 5.41) is 11.5. The smallest absolute Gasteiger partial charge is 0.251 e. The van der Waals surface area contributed by atoms with Gasteiger partial charge in [0.2, 0.25) is 0 Å². The highest BCUT2D eigenvalue weighted by molar-refractivity contribution is 7.99. The van der Waals surface area contributed by atoms with Crippen molar-refractivity contribution in [2.45, 2.75) is 13.3 Å². The van der Waals surface area contributed by atoms with Crippen LogP contribution < -0.4 is 10.1 Å². The van der Waals surface area contributed by atoms with Crippen molar-refractivity contribution >= 4 is 17.7 Å². The van der Waals surface area contributed by atoms with E-state index in [2.05, 4.69) is 5.32 Å². The van der Waals surface area contributed by atoms with Crippen LogP contribution in [0.3, 0.4) is 0 Å². The molecule has 106 valence electrons. The van der Waals surface area contributed by atoms with Crippen molar-refractivity contribution in [1.29, 1.82) is 0 Å². The molecule has 0 radical (unpaired) electrons. The van der Waals surface area contributed by atoms with Gasteiger partial charge in [0.05, 0.1) is 6.61 Å². The van der Waals surface area contributed by atoms with Gasteiger partial charge in [0, 0.05) is 24.5 Å². The number of benzene rings is 1. The molecule has 1 rings (SSSR count). The molecular weight excluding hydrogens is 262 g/mol. The zero-order valence-corrected chi connectivity index (χ0v) is 12.0. The van der Waals surface area contributed by atoms with Crippen LogP contribution in [0.15, 0.2) is 24.3 Å². The Morgan fingerprint density at radius 1 is 1.32 bits per heavy atom. The van der Waals surface area contributed by atoms with Gasteiger partial charge in [0.1, 0.15) is 5.75 Å². The van der Waals surface area contributed by atoms with E-state index in [-0.39, 0.29) is 12.5 Å². The SMILES string of the molecule is CCOc1ccc(C(=O)NCCSCCCO)cc1. The summed E-state index contributed by atoms with van der Waals surface area (Å²) in [6, 6.07) is 7.13. The highest BCUT2D eigenvalue weighted by Gasteiger charge is 2.04. The number of aliphatic hydroxyl groups is 1. The van der Waals surface area contributed by atoms with Crippen LogP contribution in [0.2, 0.25) is 0 Å². The minimum atomic E-state index is -0.0641. The fraction of sp³-hybridized carbons (Fsp3) is 0.500. The van der Waals surface area contributed by atoms with Crippen LogP contribution >= 0.6 is 11.8 Å². The summed E-state index contributed by atoms with van der Waals surface area (Å²) < 4.78 is 5.32. The summed E-state index contributed by atoms with van der Waals surface area (Å²) >= 11 is 1.73. The maximum Gasteiger partial charge on any atom is 0.251 e. The molecule has 2 N–H and O–H groups in total. The van der Waals surface area contributed by atoms with E-state index in [0.717, 1.165) is 23.7 Å². The number of hydrogen-bond donors (Lipinski definition) is 2. The van der Waals surface area contributed by atoms with Gasteiger partial charge < -0.3 is 15.2 Å². The zero-order valence-electron chi connectivity index (χ0n) is 11.2. The first-order valence-corrected chi connectivity index (χ1v) is 7.63. The minimum absolute atomic E-state index is 0.0641. The third kappa shape index (κ3) is 6.50. The largest absolute Gasteiger partial charge is 0.494 e. The Kier molecular flexibility index (Phi) is 8.09. The summed E-state index contributed by atoms with van der Waals surface area (Å²) in [5.41, 5.74) is 0.642. The molecule has 0 aromatic heterocycles. The van der Waals surface area contributed by atoms with Crippen LogP contribution in [0, 0.1) is 0 Å². The number of hydrogen-bond acceptors (Lipinski definition) is 4. The van der Waals surface area contributed by atoms with Crippen molar-refractivity contribution in [2.75, 3.05) is 31.3 Å². The monoisotopic (exact) mass is 283 g/mol. The summed E-state index contributed by atoms with van der Waals surface area (Å²) in [6.07, 6.45) is 0.803. The predicted octanol–water partition coefficient (Wildman–Crippen LogP) is 1.93. The third-order valence-corrected chi connectivity index (χ3v) is 3.48. The highest BCUT2D eigenvalue weighted by atomic mass is 32.2. The Morgan fingerprint density at radius 3 is 2.68 bits per heavy atom. The molecule has 1 aromatic carbocycles. The Bertz CT molecular complexity index is 367. The minimum Gasteiger partial charge on any atom is -0.494 e. The number of thioether (sulfide) groups is 1. The molecule has 1 amide bonds. The second-order valence-corrected chi connectivity index (χ2v) is 5.13. The number of nitrogens with one attached hydrogen (secondary N) is 1. The molecule has 0 aliphatic carbocycles. The van der Waals surface area contributed by atoms with Crippen molar-refractivity contribution in [3.8, 4) is 5.75 Å². The summed E-state index contributed by atoms with van der Waals surface area (Å²) in [6.45, 7) is 3.42. The molecule has 0 saturated carbocycles. The van der Waals surface area contributed by atoms with Gasteiger partial charge in [-0.25, -0.2) is 0 Å². The molecule has 19 heavy (non-hydrogen) atoms. The maximum absolute atomic E-state index is 11.8. The van der Waals surface area contributed by atoms with Crippen molar-refractivity contribution in [3.63, 3.8) is 0 Å². The molecule has 1 aromatic rings. The van der Waals surface area contributed by atoms with Gasteiger partial charge in [-0.1, -0.05) is 0 Å². The molecular formula is C14H21NO3S. The van der Waals surface area contributed by atoms with Crippen LogP contribution in [0.1, 0.15) is 23.7 Å². The van der Waals surface area contributed by atoms with Gasteiger partial charge in [0.25, 0.3) is 5.91 Å². The average molecular weight is 283 g/mol. The normalized spacial score (nSPS) is 10.2. The first kappa shape index (κ1) is 15.9. The van der Waals surface area contributed by atoms with Crippen LogP contribution in [-0.2, 0) is 0 Å². The maximum atomic E-state index is 11.8. The lowest BCUT2D eigenvalue weighted by atomic mass is 10.2. The standard InChI is InChI=1S/C14H21NO3S/c1-2-18-13-6-4-12(5-7-13)14(17)15-8-11-19-10-3-9-16/h4-7,16H,2-3,8-11H2,1H3,(H,15,17). The van der Waals surface area contributed by atoms with Gasteiger partial charge in [-0.05, 0) is 43.4 Å². The predicted molar refractivity (Wildman–Crippen MR) is 79.0 cm³/mol. The molecule has 4 nitrogen and oxygen atoms in total. The van der Waals surface area contributed by atoms with Crippen LogP contribution in [0.5, 0.6) is 5.75 Å². The molecule has 0 aliphatic rings. The lowest BCUT2D eigenvalue weighted by Crippen LogP contribution is -2.25. The van der Waals surface area contributed by atoms with E-state index in [1.165, 1.54) is 0 Å². The molecule has 0 fully saturated rings. The van der Waals surface area contributed by atoms with Gasteiger partial charge in [0.15, 0.2) is 0 Å². The third-order valence-electron chi connectivity index (χ3n) is 2.41. The molecule has 0 atom stereocenters. The molecule has 0 bridgehead atoms. The Labute approximate surface area is 118 Å². The number of carbonyl (C=O) groups is 1. The fourth-order valence-corrected chi connectivity index (χ4v) is 2.26. The lowest BCUT2D eigenvalue weighted by molar-refractivity contribution is 0.0956. The summed E-state index contributed by atoms with van der Waals surface area (Å²) in [4.78, 5) is 11.8. The Balaban J connectivity index is 2.25. The van der Waals surface area contributed by atoms with Crippen molar-refractivity contribution in [2.24, 2.45) is 0 Å². The van der Waals surface area contributed by atoms with Crippen molar-refractivity contribution in [1.82, 2.24) is 5.32 Å². The Morgan fingerprint density at radius 2 is 2.05 bits per heavy atom. The first-order valence-electron chi connectivity index (χ1n) is 6.47. The lowest BCUT2D eigenvalue weighted by Gasteiger charge is -2.06. The average Bonchev–Trinajstić information content (AvgIpc) is 2.43. The second kappa shape index (κ2) is 9.69. The quantitative estimate of drug-likeness (QED) is 0.680. The number of rotatable bonds is 9. The number of carbonyl (C=O) groups excluding carboxylic acids is 1. The van der Waals surface area contributed by atoms with E-state index in [1.54, 1.807) is 36.0 Å².